The minimum atomic E-state index is 0.301. The molecule has 6 nitrogen and oxygen atoms in total. The van der Waals surface area contributed by atoms with Crippen molar-refractivity contribution in [3.8, 4) is 5.75 Å². The Morgan fingerprint density at radius 3 is 2.86 bits per heavy atom. The van der Waals surface area contributed by atoms with Gasteiger partial charge in [0.1, 0.15) is 5.75 Å². The van der Waals surface area contributed by atoms with Gasteiger partial charge in [-0.2, -0.15) is 10.1 Å². The van der Waals surface area contributed by atoms with Crippen LogP contribution in [0.15, 0.2) is 24.4 Å². The first-order chi connectivity index (χ1) is 10.1. The summed E-state index contributed by atoms with van der Waals surface area (Å²) in [5.41, 5.74) is 1.99. The van der Waals surface area contributed by atoms with Crippen LogP contribution in [0.1, 0.15) is 25.8 Å². The Balaban J connectivity index is 2.20. The smallest absolute Gasteiger partial charge is 0.244 e. The topological polar surface area (TPSA) is 72.0 Å². The molecule has 2 rings (SSSR count). The predicted octanol–water partition coefficient (Wildman–Crippen LogP) is 3.14. The highest BCUT2D eigenvalue weighted by molar-refractivity contribution is 5.65. The van der Waals surface area contributed by atoms with Crippen molar-refractivity contribution in [3.63, 3.8) is 0 Å². The highest BCUT2D eigenvalue weighted by Crippen LogP contribution is 2.27. The molecule has 0 aliphatic heterocycles. The second kappa shape index (κ2) is 6.88. The van der Waals surface area contributed by atoms with Crippen LogP contribution in [0.2, 0.25) is 0 Å². The number of aromatic nitrogens is 3. The number of methoxy groups -OCH3 is 1. The van der Waals surface area contributed by atoms with Crippen LogP contribution in [0.25, 0.3) is 0 Å². The van der Waals surface area contributed by atoms with Gasteiger partial charge in [-0.1, -0.05) is 13.0 Å². The van der Waals surface area contributed by atoms with E-state index in [2.05, 4.69) is 39.7 Å². The molecular weight excluding hydrogens is 266 g/mol. The molecule has 0 amide bonds. The Morgan fingerprint density at radius 1 is 1.33 bits per heavy atom. The number of nitrogens with one attached hydrogen (secondary N) is 2. The van der Waals surface area contributed by atoms with Gasteiger partial charge < -0.3 is 15.4 Å². The first kappa shape index (κ1) is 15.0. The van der Waals surface area contributed by atoms with Crippen molar-refractivity contribution >= 4 is 17.5 Å². The number of ether oxygens (including phenoxy) is 1. The third-order valence-corrected chi connectivity index (χ3v) is 3.16. The molecule has 1 atom stereocenters. The van der Waals surface area contributed by atoms with Gasteiger partial charge in [0.25, 0.3) is 0 Å². The zero-order chi connectivity index (χ0) is 15.2. The van der Waals surface area contributed by atoms with Crippen LogP contribution in [-0.2, 0) is 0 Å². The Kier molecular flexibility index (Phi) is 4.92. The molecule has 0 bridgehead atoms. The lowest BCUT2D eigenvalue weighted by atomic mass is 10.2. The van der Waals surface area contributed by atoms with Crippen molar-refractivity contribution in [2.24, 2.45) is 0 Å². The van der Waals surface area contributed by atoms with Crippen LogP contribution < -0.4 is 15.4 Å². The van der Waals surface area contributed by atoms with Crippen molar-refractivity contribution < 1.29 is 4.74 Å². The summed E-state index contributed by atoms with van der Waals surface area (Å²) in [5.74, 6) is 1.90. The third kappa shape index (κ3) is 4.05. The van der Waals surface area contributed by atoms with Crippen LogP contribution in [0.3, 0.4) is 0 Å². The lowest BCUT2D eigenvalue weighted by Gasteiger charge is -2.13. The van der Waals surface area contributed by atoms with Crippen molar-refractivity contribution in [1.82, 2.24) is 15.2 Å². The molecule has 0 radical (unpaired) electrons. The van der Waals surface area contributed by atoms with Crippen molar-refractivity contribution in [3.05, 3.63) is 30.0 Å². The summed E-state index contributed by atoms with van der Waals surface area (Å²) in [6.45, 7) is 6.20. The number of benzene rings is 1. The molecule has 0 fully saturated rings. The molecular formula is C15H21N5O. The molecule has 6 heteroatoms. The molecule has 112 valence electrons. The highest BCUT2D eigenvalue weighted by Gasteiger charge is 2.07. The minimum Gasteiger partial charge on any atom is -0.495 e. The average Bonchev–Trinajstić information content (AvgIpc) is 2.48. The largest absolute Gasteiger partial charge is 0.495 e. The zero-order valence-electron chi connectivity index (χ0n) is 12.8. The minimum absolute atomic E-state index is 0.301. The summed E-state index contributed by atoms with van der Waals surface area (Å²) in [7, 11) is 1.64. The Hall–Kier alpha value is -2.37. The van der Waals surface area contributed by atoms with Crippen LogP contribution in [0, 0.1) is 6.92 Å². The summed E-state index contributed by atoms with van der Waals surface area (Å²) in [5, 5.41) is 14.4. The molecule has 1 heterocycles. The summed E-state index contributed by atoms with van der Waals surface area (Å²) in [6, 6.07) is 6.22. The quantitative estimate of drug-likeness (QED) is 0.850. The Labute approximate surface area is 125 Å². The van der Waals surface area contributed by atoms with E-state index in [0.29, 0.717) is 17.8 Å². The number of nitrogens with zero attached hydrogens (tertiary/aromatic N) is 3. The summed E-state index contributed by atoms with van der Waals surface area (Å²) >= 11 is 0. The van der Waals surface area contributed by atoms with Crippen LogP contribution in [-0.4, -0.2) is 28.3 Å². The van der Waals surface area contributed by atoms with Gasteiger partial charge in [0, 0.05) is 6.04 Å². The Bertz CT molecular complexity index is 602. The maximum Gasteiger partial charge on any atom is 0.244 e. The van der Waals surface area contributed by atoms with Gasteiger partial charge in [0.2, 0.25) is 5.95 Å². The van der Waals surface area contributed by atoms with Gasteiger partial charge in [-0.3, -0.25) is 0 Å². The molecule has 2 aromatic rings. The highest BCUT2D eigenvalue weighted by atomic mass is 16.5. The maximum atomic E-state index is 5.34. The summed E-state index contributed by atoms with van der Waals surface area (Å²) in [4.78, 5) is 4.41. The van der Waals surface area contributed by atoms with E-state index in [4.69, 9.17) is 4.74 Å². The van der Waals surface area contributed by atoms with E-state index in [1.165, 1.54) is 0 Å². The number of rotatable bonds is 6. The monoisotopic (exact) mass is 287 g/mol. The number of anilines is 3. The molecule has 0 spiro atoms. The van der Waals surface area contributed by atoms with Gasteiger partial charge in [0.05, 0.1) is 19.0 Å². The first-order valence-corrected chi connectivity index (χ1v) is 7.00. The van der Waals surface area contributed by atoms with Crippen molar-refractivity contribution in [2.75, 3.05) is 17.7 Å². The van der Waals surface area contributed by atoms with Crippen LogP contribution in [0.5, 0.6) is 5.75 Å². The van der Waals surface area contributed by atoms with Crippen LogP contribution >= 0.6 is 0 Å². The second-order valence-electron chi connectivity index (χ2n) is 4.95. The fourth-order valence-corrected chi connectivity index (χ4v) is 1.80. The van der Waals surface area contributed by atoms with Crippen molar-refractivity contribution in [2.45, 2.75) is 33.2 Å². The zero-order valence-corrected chi connectivity index (χ0v) is 12.8. The number of hydrogen-bond acceptors (Lipinski definition) is 6. The van der Waals surface area contributed by atoms with E-state index in [0.717, 1.165) is 23.4 Å². The van der Waals surface area contributed by atoms with Crippen molar-refractivity contribution in [1.29, 1.82) is 0 Å². The van der Waals surface area contributed by atoms with E-state index in [9.17, 15) is 0 Å². The number of hydrogen-bond donors (Lipinski definition) is 2. The predicted molar refractivity (Wildman–Crippen MR) is 84.2 cm³/mol. The summed E-state index contributed by atoms with van der Waals surface area (Å²) < 4.78 is 5.34. The molecule has 0 aliphatic rings. The van der Waals surface area contributed by atoms with Gasteiger partial charge >= 0.3 is 0 Å². The van der Waals surface area contributed by atoms with E-state index in [-0.39, 0.29) is 0 Å². The molecule has 0 saturated heterocycles. The molecule has 0 saturated carbocycles. The fraction of sp³-hybridized carbons (Fsp3) is 0.400. The summed E-state index contributed by atoms with van der Waals surface area (Å²) in [6.07, 6.45) is 2.58. The molecule has 1 unspecified atom stereocenters. The lowest BCUT2D eigenvalue weighted by molar-refractivity contribution is 0.416. The van der Waals surface area contributed by atoms with E-state index < -0.39 is 0 Å². The fourth-order valence-electron chi connectivity index (χ4n) is 1.80. The SMILES string of the molecule is CCC(C)Nc1nncc(Nc2cc(C)ccc2OC)n1. The molecule has 21 heavy (non-hydrogen) atoms. The molecule has 0 aliphatic carbocycles. The first-order valence-electron chi connectivity index (χ1n) is 7.00. The normalized spacial score (nSPS) is 11.8. The second-order valence-corrected chi connectivity index (χ2v) is 4.95. The maximum absolute atomic E-state index is 5.34. The van der Waals surface area contributed by atoms with E-state index in [1.54, 1.807) is 13.3 Å². The van der Waals surface area contributed by atoms with Gasteiger partial charge in [-0.05, 0) is 38.0 Å². The molecule has 1 aromatic carbocycles. The average molecular weight is 287 g/mol. The molecule has 1 aromatic heterocycles. The number of aryl methyl sites for hydroxylation is 1. The van der Waals surface area contributed by atoms with E-state index >= 15 is 0 Å². The molecule has 2 N–H and O–H groups in total. The standard InChI is InChI=1S/C15H21N5O/c1-5-11(3)17-15-19-14(9-16-20-15)18-12-8-10(2)6-7-13(12)21-4/h6-9,11H,5H2,1-4H3,(H2,17,18,19,20). The Morgan fingerprint density at radius 2 is 2.14 bits per heavy atom. The van der Waals surface area contributed by atoms with Gasteiger partial charge in [0.15, 0.2) is 5.82 Å². The van der Waals surface area contributed by atoms with Gasteiger partial charge in [-0.25, -0.2) is 0 Å². The van der Waals surface area contributed by atoms with Crippen LogP contribution in [0.4, 0.5) is 17.5 Å². The van der Waals surface area contributed by atoms with Gasteiger partial charge in [-0.15, -0.1) is 5.10 Å². The lowest BCUT2D eigenvalue weighted by Crippen LogP contribution is -2.16. The third-order valence-electron chi connectivity index (χ3n) is 3.16. The van der Waals surface area contributed by atoms with E-state index in [1.807, 2.05) is 25.1 Å².